The first-order valence-corrected chi connectivity index (χ1v) is 6.21. The van der Waals surface area contributed by atoms with Gasteiger partial charge in [0.05, 0.1) is 0 Å². The van der Waals surface area contributed by atoms with Crippen molar-refractivity contribution in [2.75, 3.05) is 6.61 Å². The first kappa shape index (κ1) is 12.6. The molecule has 1 aromatic heterocycles. The molecule has 3 nitrogen and oxygen atoms in total. The van der Waals surface area contributed by atoms with E-state index < -0.39 is 0 Å². The molecule has 0 spiro atoms. The summed E-state index contributed by atoms with van der Waals surface area (Å²) in [4.78, 5) is 16.0. The number of Topliss-reactive ketones (excluding diaryl/α,β-unsaturated/α-hetero) is 1. The molecular formula is C15H17NO2. The molecule has 2 rings (SSSR count). The van der Waals surface area contributed by atoms with Crippen LogP contribution in [0.25, 0.3) is 10.9 Å². The maximum atomic E-state index is 11.7. The second-order valence-electron chi connectivity index (χ2n) is 4.40. The topological polar surface area (TPSA) is 39.2 Å². The Bertz CT molecular complexity index is 546. The van der Waals surface area contributed by atoms with Gasteiger partial charge in [0.25, 0.3) is 0 Å². The molecule has 2 aromatic rings. The van der Waals surface area contributed by atoms with Gasteiger partial charge in [0.15, 0.2) is 5.78 Å². The van der Waals surface area contributed by atoms with Crippen LogP contribution in [-0.4, -0.2) is 17.4 Å². The predicted molar refractivity (Wildman–Crippen MR) is 71.7 cm³/mol. The summed E-state index contributed by atoms with van der Waals surface area (Å²) in [6.45, 7) is 4.04. The van der Waals surface area contributed by atoms with E-state index in [9.17, 15) is 4.79 Å². The fourth-order valence-corrected chi connectivity index (χ4v) is 1.71. The molecule has 0 aliphatic rings. The van der Waals surface area contributed by atoms with Crippen molar-refractivity contribution in [2.45, 2.75) is 20.3 Å². The number of carbonyl (C=O) groups is 1. The number of para-hydroxylation sites is 1. The second-order valence-corrected chi connectivity index (χ2v) is 4.40. The highest BCUT2D eigenvalue weighted by Gasteiger charge is 2.12. The average molecular weight is 243 g/mol. The Morgan fingerprint density at radius 2 is 2.11 bits per heavy atom. The number of rotatable bonds is 5. The van der Waals surface area contributed by atoms with Gasteiger partial charge in [-0.3, -0.25) is 9.78 Å². The Morgan fingerprint density at radius 3 is 2.89 bits per heavy atom. The van der Waals surface area contributed by atoms with Gasteiger partial charge in [-0.15, -0.1) is 0 Å². The molecule has 1 atom stereocenters. The molecule has 0 saturated carbocycles. The zero-order valence-corrected chi connectivity index (χ0v) is 10.7. The molecule has 1 aromatic carbocycles. The quantitative estimate of drug-likeness (QED) is 0.809. The SMILES string of the molecule is CCC(C)C(=O)COc1cccc2cccnc12. The minimum Gasteiger partial charge on any atom is -0.484 e. The number of nitrogens with zero attached hydrogens (tertiary/aromatic N) is 1. The summed E-state index contributed by atoms with van der Waals surface area (Å²) in [6, 6.07) is 9.60. The van der Waals surface area contributed by atoms with Gasteiger partial charge in [-0.1, -0.05) is 32.0 Å². The van der Waals surface area contributed by atoms with Gasteiger partial charge in [-0.2, -0.15) is 0 Å². The molecule has 3 heteroatoms. The van der Waals surface area contributed by atoms with Gasteiger partial charge in [-0.05, 0) is 18.6 Å². The van der Waals surface area contributed by atoms with Crippen LogP contribution >= 0.6 is 0 Å². The molecule has 0 amide bonds. The molecule has 0 bridgehead atoms. The van der Waals surface area contributed by atoms with Gasteiger partial charge in [0.2, 0.25) is 0 Å². The molecule has 0 radical (unpaired) electrons. The lowest BCUT2D eigenvalue weighted by Gasteiger charge is -2.10. The molecule has 0 fully saturated rings. The molecule has 0 aliphatic carbocycles. The summed E-state index contributed by atoms with van der Waals surface area (Å²) >= 11 is 0. The Kier molecular flexibility index (Phi) is 3.92. The fraction of sp³-hybridized carbons (Fsp3) is 0.333. The summed E-state index contributed by atoms with van der Waals surface area (Å²) in [6.07, 6.45) is 2.57. The number of pyridine rings is 1. The summed E-state index contributed by atoms with van der Waals surface area (Å²) < 4.78 is 5.59. The van der Waals surface area contributed by atoms with Crippen LogP contribution in [0.4, 0.5) is 0 Å². The minimum atomic E-state index is 0.0490. The van der Waals surface area contributed by atoms with E-state index >= 15 is 0 Å². The van der Waals surface area contributed by atoms with Crippen molar-refractivity contribution >= 4 is 16.7 Å². The van der Waals surface area contributed by atoms with Gasteiger partial charge in [-0.25, -0.2) is 0 Å². The molecule has 0 aliphatic heterocycles. The van der Waals surface area contributed by atoms with Crippen LogP contribution in [0, 0.1) is 5.92 Å². The number of carbonyl (C=O) groups excluding carboxylic acids is 1. The Hall–Kier alpha value is -1.90. The van der Waals surface area contributed by atoms with Gasteiger partial charge in [0, 0.05) is 17.5 Å². The summed E-state index contributed by atoms with van der Waals surface area (Å²) in [5.74, 6) is 0.850. The largest absolute Gasteiger partial charge is 0.484 e. The Balaban J connectivity index is 2.15. The monoisotopic (exact) mass is 243 g/mol. The Labute approximate surface area is 107 Å². The number of hydrogen-bond acceptors (Lipinski definition) is 3. The van der Waals surface area contributed by atoms with Crippen LogP contribution in [0.5, 0.6) is 5.75 Å². The fourth-order valence-electron chi connectivity index (χ4n) is 1.71. The van der Waals surface area contributed by atoms with E-state index in [1.54, 1.807) is 6.20 Å². The van der Waals surface area contributed by atoms with Crippen LogP contribution in [0.1, 0.15) is 20.3 Å². The highest BCUT2D eigenvalue weighted by molar-refractivity contribution is 5.85. The molecule has 1 heterocycles. The van der Waals surface area contributed by atoms with Crippen LogP contribution < -0.4 is 4.74 Å². The molecule has 18 heavy (non-hydrogen) atoms. The van der Waals surface area contributed by atoms with E-state index in [0.29, 0.717) is 5.75 Å². The second kappa shape index (κ2) is 5.63. The van der Waals surface area contributed by atoms with Crippen LogP contribution in [0.3, 0.4) is 0 Å². The van der Waals surface area contributed by atoms with Crippen molar-refractivity contribution in [2.24, 2.45) is 5.92 Å². The molecule has 0 saturated heterocycles. The van der Waals surface area contributed by atoms with Crippen LogP contribution in [0.15, 0.2) is 36.5 Å². The third kappa shape index (κ3) is 2.67. The van der Waals surface area contributed by atoms with Gasteiger partial charge in [0.1, 0.15) is 17.9 Å². The van der Waals surface area contributed by atoms with E-state index in [-0.39, 0.29) is 18.3 Å². The molecule has 0 N–H and O–H groups in total. The summed E-state index contributed by atoms with van der Waals surface area (Å²) in [5.41, 5.74) is 0.803. The van der Waals surface area contributed by atoms with Crippen molar-refractivity contribution in [3.63, 3.8) is 0 Å². The Morgan fingerprint density at radius 1 is 1.33 bits per heavy atom. The lowest BCUT2D eigenvalue weighted by molar-refractivity contribution is -0.124. The number of benzene rings is 1. The van der Waals surface area contributed by atoms with Gasteiger partial charge >= 0.3 is 0 Å². The van der Waals surface area contributed by atoms with Crippen molar-refractivity contribution in [1.29, 1.82) is 0 Å². The maximum Gasteiger partial charge on any atom is 0.172 e. The standard InChI is InChI=1S/C15H17NO2/c1-3-11(2)13(17)10-18-14-8-4-6-12-7-5-9-16-15(12)14/h4-9,11H,3,10H2,1-2H3. The van der Waals surface area contributed by atoms with Crippen molar-refractivity contribution in [3.05, 3.63) is 36.5 Å². The highest BCUT2D eigenvalue weighted by atomic mass is 16.5. The first-order chi connectivity index (χ1) is 8.72. The van der Waals surface area contributed by atoms with Crippen LogP contribution in [-0.2, 0) is 4.79 Å². The molecule has 1 unspecified atom stereocenters. The van der Waals surface area contributed by atoms with E-state index in [4.69, 9.17) is 4.74 Å². The van der Waals surface area contributed by atoms with E-state index in [2.05, 4.69) is 4.98 Å². The van der Waals surface area contributed by atoms with Crippen molar-refractivity contribution in [3.8, 4) is 5.75 Å². The summed E-state index contributed by atoms with van der Waals surface area (Å²) in [5, 5.41) is 1.02. The lowest BCUT2D eigenvalue weighted by atomic mass is 10.0. The number of hydrogen-bond donors (Lipinski definition) is 0. The maximum absolute atomic E-state index is 11.7. The lowest BCUT2D eigenvalue weighted by Crippen LogP contribution is -2.18. The van der Waals surface area contributed by atoms with Gasteiger partial charge < -0.3 is 4.74 Å². The van der Waals surface area contributed by atoms with Crippen LogP contribution in [0.2, 0.25) is 0 Å². The summed E-state index contributed by atoms with van der Waals surface area (Å²) in [7, 11) is 0. The normalized spacial score (nSPS) is 12.3. The van der Waals surface area contributed by atoms with E-state index in [1.807, 2.05) is 44.2 Å². The van der Waals surface area contributed by atoms with Crippen molar-refractivity contribution in [1.82, 2.24) is 4.98 Å². The number of aromatic nitrogens is 1. The number of fused-ring (bicyclic) bond motifs is 1. The third-order valence-electron chi connectivity index (χ3n) is 3.13. The average Bonchev–Trinajstić information content (AvgIpc) is 2.43. The first-order valence-electron chi connectivity index (χ1n) is 6.21. The highest BCUT2D eigenvalue weighted by Crippen LogP contribution is 2.23. The predicted octanol–water partition coefficient (Wildman–Crippen LogP) is 3.23. The number of ketones is 1. The zero-order chi connectivity index (χ0) is 13.0. The minimum absolute atomic E-state index is 0.0490. The van der Waals surface area contributed by atoms with E-state index in [1.165, 1.54) is 0 Å². The smallest absolute Gasteiger partial charge is 0.172 e. The zero-order valence-electron chi connectivity index (χ0n) is 10.7. The molecular weight excluding hydrogens is 226 g/mol. The number of ether oxygens (including phenoxy) is 1. The van der Waals surface area contributed by atoms with Crippen molar-refractivity contribution < 1.29 is 9.53 Å². The third-order valence-corrected chi connectivity index (χ3v) is 3.13. The molecule has 94 valence electrons. The van der Waals surface area contributed by atoms with E-state index in [0.717, 1.165) is 17.3 Å².